The molecule has 158 valence electrons. The zero-order chi connectivity index (χ0) is 21.2. The van der Waals surface area contributed by atoms with E-state index in [0.29, 0.717) is 25.4 Å². The molecule has 29 heavy (non-hydrogen) atoms. The molecule has 0 aliphatic carbocycles. The lowest BCUT2D eigenvalue weighted by molar-refractivity contribution is -0.150. The maximum atomic E-state index is 13.7. The lowest BCUT2D eigenvalue weighted by atomic mass is 9.86. The fourth-order valence-electron chi connectivity index (χ4n) is 3.93. The molecule has 0 unspecified atom stereocenters. The fraction of sp³-hybridized carbons (Fsp3) is 0.524. The van der Waals surface area contributed by atoms with Crippen LogP contribution in [0.5, 0.6) is 0 Å². The molecule has 1 aromatic rings. The largest absolute Gasteiger partial charge is 0.337 e. The molecule has 2 atom stereocenters. The van der Waals surface area contributed by atoms with E-state index >= 15 is 0 Å². The van der Waals surface area contributed by atoms with Crippen molar-refractivity contribution in [3.63, 3.8) is 0 Å². The first-order valence-corrected chi connectivity index (χ1v) is 9.85. The van der Waals surface area contributed by atoms with Crippen molar-refractivity contribution >= 4 is 17.4 Å². The summed E-state index contributed by atoms with van der Waals surface area (Å²) in [7, 11) is 0. The van der Waals surface area contributed by atoms with Crippen LogP contribution in [-0.4, -0.2) is 53.5 Å². The van der Waals surface area contributed by atoms with Gasteiger partial charge in [0, 0.05) is 19.5 Å². The Bertz CT molecular complexity index is 810. The minimum absolute atomic E-state index is 0.349. The Kier molecular flexibility index (Phi) is 6.33. The normalized spacial score (nSPS) is 24.2. The Hall–Kier alpha value is -2.32. The third-order valence-corrected chi connectivity index (χ3v) is 5.66. The van der Waals surface area contributed by atoms with Crippen molar-refractivity contribution in [1.82, 2.24) is 15.7 Å². The summed E-state index contributed by atoms with van der Waals surface area (Å²) in [6, 6.07) is 7.22. The number of piperidine rings is 1. The van der Waals surface area contributed by atoms with Gasteiger partial charge >= 0.3 is 0 Å². The molecule has 8 heteroatoms. The standard InChI is InChI=1S/C21H27F2N3O3/c1-13(2)15-4-3-5-16(10-15)14-6-8-26(9-7-14)20(28)18-17(19(27)25-29)11-21(22,23)12-24-18/h3-6,10,13,17-18,24,29H,7-9,11-12H2,1-2H3,(H,25,27)/t17-,18-/m0/s1. The van der Waals surface area contributed by atoms with Crippen LogP contribution in [0.3, 0.4) is 0 Å². The summed E-state index contributed by atoms with van der Waals surface area (Å²) >= 11 is 0. The van der Waals surface area contributed by atoms with E-state index in [1.165, 1.54) is 11.0 Å². The third-order valence-electron chi connectivity index (χ3n) is 5.66. The van der Waals surface area contributed by atoms with E-state index < -0.39 is 42.7 Å². The molecule has 2 amide bonds. The number of carbonyl (C=O) groups excluding carboxylic acids is 2. The van der Waals surface area contributed by atoms with Crippen LogP contribution in [0.1, 0.15) is 43.7 Å². The highest BCUT2D eigenvalue weighted by Gasteiger charge is 2.48. The molecule has 0 radical (unpaired) electrons. The molecular formula is C21H27F2N3O3. The highest BCUT2D eigenvalue weighted by molar-refractivity contribution is 5.90. The number of benzene rings is 1. The quantitative estimate of drug-likeness (QED) is 0.529. The van der Waals surface area contributed by atoms with Gasteiger partial charge in [-0.25, -0.2) is 14.3 Å². The third kappa shape index (κ3) is 4.82. The van der Waals surface area contributed by atoms with Gasteiger partial charge in [0.1, 0.15) is 0 Å². The number of nitrogens with one attached hydrogen (secondary N) is 2. The van der Waals surface area contributed by atoms with Crippen molar-refractivity contribution < 1.29 is 23.6 Å². The number of alkyl halides is 2. The monoisotopic (exact) mass is 407 g/mol. The SMILES string of the molecule is CC(C)c1cccc(C2=CCN(C(=O)[C@H]3NCC(F)(F)C[C@@H]3C(=O)NO)CC2)c1. The van der Waals surface area contributed by atoms with E-state index in [0.717, 1.165) is 11.1 Å². The van der Waals surface area contributed by atoms with Crippen LogP contribution in [0.2, 0.25) is 0 Å². The average Bonchev–Trinajstić information content (AvgIpc) is 2.72. The number of hydroxylamine groups is 1. The van der Waals surface area contributed by atoms with Crippen molar-refractivity contribution in [2.75, 3.05) is 19.6 Å². The molecular weight excluding hydrogens is 380 g/mol. The maximum absolute atomic E-state index is 13.7. The number of rotatable bonds is 4. The molecule has 3 N–H and O–H groups in total. The Labute approximate surface area is 168 Å². The predicted octanol–water partition coefficient (Wildman–Crippen LogP) is 2.54. The lowest BCUT2D eigenvalue weighted by Crippen LogP contribution is -2.61. The molecule has 3 rings (SSSR count). The van der Waals surface area contributed by atoms with Crippen LogP contribution >= 0.6 is 0 Å². The van der Waals surface area contributed by atoms with Gasteiger partial charge in [0.2, 0.25) is 11.8 Å². The van der Waals surface area contributed by atoms with Crippen LogP contribution in [0.15, 0.2) is 30.3 Å². The fourth-order valence-corrected chi connectivity index (χ4v) is 3.93. The molecule has 0 bridgehead atoms. The second-order valence-corrected chi connectivity index (χ2v) is 8.04. The predicted molar refractivity (Wildman–Crippen MR) is 104 cm³/mol. The molecule has 2 heterocycles. The zero-order valence-corrected chi connectivity index (χ0v) is 16.6. The average molecular weight is 407 g/mol. The van der Waals surface area contributed by atoms with Gasteiger partial charge in [0.25, 0.3) is 5.92 Å². The second kappa shape index (κ2) is 8.59. The first-order valence-electron chi connectivity index (χ1n) is 9.85. The Morgan fingerprint density at radius 1 is 1.34 bits per heavy atom. The van der Waals surface area contributed by atoms with E-state index in [9.17, 15) is 18.4 Å². The zero-order valence-electron chi connectivity index (χ0n) is 16.6. The van der Waals surface area contributed by atoms with Crippen molar-refractivity contribution in [3.05, 3.63) is 41.5 Å². The van der Waals surface area contributed by atoms with E-state index in [2.05, 4.69) is 31.3 Å². The molecule has 1 aromatic carbocycles. The summed E-state index contributed by atoms with van der Waals surface area (Å²) < 4.78 is 27.4. The highest BCUT2D eigenvalue weighted by atomic mass is 19.3. The summed E-state index contributed by atoms with van der Waals surface area (Å²) in [6.07, 6.45) is 1.84. The number of amides is 2. The highest BCUT2D eigenvalue weighted by Crippen LogP contribution is 2.31. The molecule has 1 fully saturated rings. The second-order valence-electron chi connectivity index (χ2n) is 8.04. The smallest absolute Gasteiger partial charge is 0.261 e. The van der Waals surface area contributed by atoms with Crippen LogP contribution in [-0.2, 0) is 9.59 Å². The van der Waals surface area contributed by atoms with Crippen molar-refractivity contribution in [2.45, 2.75) is 44.6 Å². The van der Waals surface area contributed by atoms with E-state index in [-0.39, 0.29) is 0 Å². The first kappa shape index (κ1) is 21.4. The number of nitrogens with zero attached hydrogens (tertiary/aromatic N) is 1. The maximum Gasteiger partial charge on any atom is 0.261 e. The minimum Gasteiger partial charge on any atom is -0.337 e. The van der Waals surface area contributed by atoms with Crippen LogP contribution in [0, 0.1) is 5.92 Å². The summed E-state index contributed by atoms with van der Waals surface area (Å²) in [5, 5.41) is 11.4. The summed E-state index contributed by atoms with van der Waals surface area (Å²) in [5.41, 5.74) is 4.92. The summed E-state index contributed by atoms with van der Waals surface area (Å²) in [6.45, 7) is 4.39. The molecule has 0 saturated carbocycles. The van der Waals surface area contributed by atoms with Gasteiger partial charge in [-0.2, -0.15) is 0 Å². The molecule has 0 spiro atoms. The van der Waals surface area contributed by atoms with Gasteiger partial charge in [0.05, 0.1) is 18.5 Å². The van der Waals surface area contributed by atoms with Gasteiger partial charge in [-0.15, -0.1) is 0 Å². The number of carbonyl (C=O) groups is 2. The first-order chi connectivity index (χ1) is 13.7. The Balaban J connectivity index is 1.71. The van der Waals surface area contributed by atoms with Crippen LogP contribution in [0.4, 0.5) is 8.78 Å². The molecule has 2 aliphatic heterocycles. The topological polar surface area (TPSA) is 81.7 Å². The Morgan fingerprint density at radius 2 is 2.10 bits per heavy atom. The minimum atomic E-state index is -3.11. The van der Waals surface area contributed by atoms with Crippen LogP contribution < -0.4 is 10.8 Å². The van der Waals surface area contributed by atoms with Gasteiger partial charge in [-0.1, -0.05) is 44.2 Å². The van der Waals surface area contributed by atoms with Gasteiger partial charge in [-0.3, -0.25) is 20.1 Å². The molecule has 1 saturated heterocycles. The summed E-state index contributed by atoms with van der Waals surface area (Å²) in [5.74, 6) is -5.40. The number of hydrogen-bond donors (Lipinski definition) is 3. The van der Waals surface area contributed by atoms with Crippen molar-refractivity contribution in [3.8, 4) is 0 Å². The number of hydrogen-bond acceptors (Lipinski definition) is 4. The van der Waals surface area contributed by atoms with Crippen molar-refractivity contribution in [1.29, 1.82) is 0 Å². The van der Waals surface area contributed by atoms with Crippen LogP contribution in [0.25, 0.3) is 5.57 Å². The molecule has 6 nitrogen and oxygen atoms in total. The van der Waals surface area contributed by atoms with E-state index in [4.69, 9.17) is 5.21 Å². The van der Waals surface area contributed by atoms with E-state index in [1.807, 2.05) is 18.2 Å². The van der Waals surface area contributed by atoms with Gasteiger partial charge in [-0.05, 0) is 29.0 Å². The molecule has 2 aliphatic rings. The molecule has 0 aromatic heterocycles. The van der Waals surface area contributed by atoms with Gasteiger partial charge in [0.15, 0.2) is 0 Å². The lowest BCUT2D eigenvalue weighted by Gasteiger charge is -2.38. The van der Waals surface area contributed by atoms with Crippen molar-refractivity contribution in [2.24, 2.45) is 5.92 Å². The Morgan fingerprint density at radius 3 is 2.72 bits per heavy atom. The van der Waals surface area contributed by atoms with E-state index in [1.54, 1.807) is 4.90 Å². The number of halogens is 2. The van der Waals surface area contributed by atoms with Gasteiger partial charge < -0.3 is 4.90 Å². The summed E-state index contributed by atoms with van der Waals surface area (Å²) in [4.78, 5) is 26.3.